The molecule has 0 radical (unpaired) electrons. The number of nitrogens with one attached hydrogen (secondary N) is 1. The number of nitrogens with zero attached hydrogens (tertiary/aromatic N) is 4. The summed E-state index contributed by atoms with van der Waals surface area (Å²) in [5, 5.41) is 1.11. The summed E-state index contributed by atoms with van der Waals surface area (Å²) in [4.78, 5) is 36.2. The van der Waals surface area contributed by atoms with Crippen molar-refractivity contribution < 1.29 is 9.53 Å². The van der Waals surface area contributed by atoms with Crippen molar-refractivity contribution in [2.24, 2.45) is 5.73 Å². The van der Waals surface area contributed by atoms with Crippen LogP contribution in [0.25, 0.3) is 10.9 Å². The van der Waals surface area contributed by atoms with E-state index in [0.29, 0.717) is 11.6 Å². The van der Waals surface area contributed by atoms with Crippen LogP contribution >= 0.6 is 0 Å². The van der Waals surface area contributed by atoms with E-state index in [0.717, 1.165) is 49.3 Å². The molecule has 4 heterocycles. The highest BCUT2D eigenvalue weighted by Gasteiger charge is 2.32. The fraction of sp³-hybridized carbons (Fsp3) is 0.444. The van der Waals surface area contributed by atoms with Crippen molar-refractivity contribution in [3.8, 4) is 0 Å². The highest BCUT2D eigenvalue weighted by Crippen LogP contribution is 2.28. The largest absolute Gasteiger partial charge is 0.376 e. The number of morpholine rings is 1. The molecule has 36 heavy (non-hydrogen) atoms. The van der Waals surface area contributed by atoms with Crippen molar-refractivity contribution in [3.63, 3.8) is 0 Å². The number of primary amides is 1. The van der Waals surface area contributed by atoms with Gasteiger partial charge in [0.15, 0.2) is 0 Å². The number of aromatic nitrogens is 2. The Morgan fingerprint density at radius 2 is 1.94 bits per heavy atom. The quantitative estimate of drug-likeness (QED) is 0.575. The first-order chi connectivity index (χ1) is 17.3. The lowest BCUT2D eigenvalue weighted by Gasteiger charge is -2.46. The maximum Gasteiger partial charge on any atom is 0.250 e. The van der Waals surface area contributed by atoms with Crippen LogP contribution in [0.3, 0.4) is 0 Å². The number of carbonyl (C=O) groups is 1. The lowest BCUT2D eigenvalue weighted by molar-refractivity contribution is 0.0121. The zero-order valence-electron chi connectivity index (χ0n) is 21.3. The summed E-state index contributed by atoms with van der Waals surface area (Å²) >= 11 is 0. The van der Waals surface area contributed by atoms with Gasteiger partial charge < -0.3 is 25.3 Å². The molecule has 2 saturated heterocycles. The summed E-state index contributed by atoms with van der Waals surface area (Å²) in [6.45, 7) is 6.61. The number of hydrogen-bond acceptors (Lipinski definition) is 7. The molecule has 2 aliphatic rings. The summed E-state index contributed by atoms with van der Waals surface area (Å²) in [6, 6.07) is 12.0. The number of pyridine rings is 2. The zero-order valence-corrected chi connectivity index (χ0v) is 21.3. The van der Waals surface area contributed by atoms with Gasteiger partial charge in [0.1, 0.15) is 6.17 Å². The highest BCUT2D eigenvalue weighted by atomic mass is 16.5. The summed E-state index contributed by atoms with van der Waals surface area (Å²) < 4.78 is 5.85. The fourth-order valence-electron chi connectivity index (χ4n) is 4.99. The van der Waals surface area contributed by atoms with Crippen LogP contribution in [0.15, 0.2) is 53.6 Å². The molecule has 0 saturated carbocycles. The molecule has 192 valence electrons. The number of amides is 1. The van der Waals surface area contributed by atoms with Crippen LogP contribution in [-0.4, -0.2) is 84.8 Å². The molecule has 9 heteroatoms. The van der Waals surface area contributed by atoms with Crippen molar-refractivity contribution in [2.75, 3.05) is 51.8 Å². The van der Waals surface area contributed by atoms with E-state index in [2.05, 4.69) is 50.9 Å². The third-order valence-electron chi connectivity index (χ3n) is 7.07. The second kappa shape index (κ2) is 11.6. The molecule has 2 aromatic heterocycles. The predicted octanol–water partition coefficient (Wildman–Crippen LogP) is 2.21. The standard InChI is InChI=1S/C21H30N4O2.C6H6N2O/c1-15-12-20(26)22-19-5-4-17(13-18(15)19)25-10-11-27-14-21(25)24-8-6-16(7-9-24)23(2)3;7-6(9)5-2-1-3-8-4-5/h4-5,12-13,16,21H,6-11,14H2,1-3H3,(H,22,26);1-4H,(H2,7,9). The molecule has 0 bridgehead atoms. The monoisotopic (exact) mass is 492 g/mol. The van der Waals surface area contributed by atoms with Gasteiger partial charge in [-0.3, -0.25) is 19.5 Å². The Labute approximate surface area is 211 Å². The number of piperidine rings is 1. The normalized spacial score (nSPS) is 19.2. The lowest BCUT2D eigenvalue weighted by atomic mass is 10.0. The van der Waals surface area contributed by atoms with Crippen LogP contribution in [0.4, 0.5) is 5.69 Å². The van der Waals surface area contributed by atoms with Crippen LogP contribution in [-0.2, 0) is 4.74 Å². The SMILES string of the molecule is Cc1cc(=O)[nH]c2ccc(N3CCOCC3N3CCC(N(C)C)CC3)cc12.NC(=O)c1cccnc1. The van der Waals surface area contributed by atoms with Crippen molar-refractivity contribution in [1.82, 2.24) is 19.8 Å². The summed E-state index contributed by atoms with van der Waals surface area (Å²) in [6.07, 6.45) is 5.71. The van der Waals surface area contributed by atoms with Gasteiger partial charge in [0.2, 0.25) is 11.5 Å². The number of carbonyl (C=O) groups excluding carboxylic acids is 1. The van der Waals surface area contributed by atoms with Crippen LogP contribution in [0, 0.1) is 6.92 Å². The highest BCUT2D eigenvalue weighted by molar-refractivity contribution is 5.92. The molecule has 3 aromatic rings. The molecule has 1 amide bonds. The number of likely N-dealkylation sites (tertiary alicyclic amines) is 1. The van der Waals surface area contributed by atoms with Gasteiger partial charge in [0, 0.05) is 60.7 Å². The average molecular weight is 493 g/mol. The van der Waals surface area contributed by atoms with Crippen molar-refractivity contribution in [3.05, 3.63) is 70.3 Å². The Kier molecular flexibility index (Phi) is 8.35. The molecule has 3 N–H and O–H groups in total. The number of H-pyrrole nitrogens is 1. The summed E-state index contributed by atoms with van der Waals surface area (Å²) in [5.41, 5.74) is 8.47. The first-order valence-corrected chi connectivity index (χ1v) is 12.4. The molecule has 0 aliphatic carbocycles. The maximum atomic E-state index is 11.7. The number of rotatable bonds is 4. The first-order valence-electron chi connectivity index (χ1n) is 12.4. The Morgan fingerprint density at radius 1 is 1.17 bits per heavy atom. The number of aromatic amines is 1. The van der Waals surface area contributed by atoms with Gasteiger partial charge in [-0.1, -0.05) is 0 Å². The second-order valence-corrected chi connectivity index (χ2v) is 9.63. The maximum absolute atomic E-state index is 11.7. The van der Waals surface area contributed by atoms with Crippen molar-refractivity contribution in [2.45, 2.75) is 32.0 Å². The molecular weight excluding hydrogens is 456 g/mol. The van der Waals surface area contributed by atoms with E-state index < -0.39 is 5.91 Å². The van der Waals surface area contributed by atoms with Gasteiger partial charge in [-0.25, -0.2) is 0 Å². The van der Waals surface area contributed by atoms with Gasteiger partial charge in [0.25, 0.3) is 0 Å². The molecule has 1 aromatic carbocycles. The number of ether oxygens (including phenoxy) is 1. The van der Waals surface area contributed by atoms with E-state index in [4.69, 9.17) is 10.5 Å². The van der Waals surface area contributed by atoms with E-state index in [1.807, 2.05) is 13.0 Å². The smallest absolute Gasteiger partial charge is 0.250 e. The van der Waals surface area contributed by atoms with E-state index in [9.17, 15) is 9.59 Å². The fourth-order valence-corrected chi connectivity index (χ4v) is 4.99. The zero-order chi connectivity index (χ0) is 25.7. The van der Waals surface area contributed by atoms with E-state index in [1.165, 1.54) is 24.7 Å². The summed E-state index contributed by atoms with van der Waals surface area (Å²) in [7, 11) is 4.36. The minimum absolute atomic E-state index is 0.0410. The number of nitrogens with two attached hydrogens (primary N) is 1. The molecule has 1 unspecified atom stereocenters. The van der Waals surface area contributed by atoms with Crippen LogP contribution < -0.4 is 16.2 Å². The topological polar surface area (TPSA) is 108 Å². The molecule has 2 aliphatic heterocycles. The predicted molar refractivity (Wildman–Crippen MR) is 142 cm³/mol. The van der Waals surface area contributed by atoms with E-state index in [-0.39, 0.29) is 11.7 Å². The number of aryl methyl sites for hydroxylation is 1. The number of fused-ring (bicyclic) bond motifs is 1. The van der Waals surface area contributed by atoms with Gasteiger partial charge in [-0.15, -0.1) is 0 Å². The minimum atomic E-state index is -0.442. The molecular formula is C27H36N6O3. The Morgan fingerprint density at radius 3 is 2.58 bits per heavy atom. The van der Waals surface area contributed by atoms with Gasteiger partial charge in [-0.05, 0) is 69.8 Å². The van der Waals surface area contributed by atoms with Crippen LogP contribution in [0.5, 0.6) is 0 Å². The molecule has 9 nitrogen and oxygen atoms in total. The Hall–Kier alpha value is -3.27. The van der Waals surface area contributed by atoms with Gasteiger partial charge in [0.05, 0.1) is 18.8 Å². The van der Waals surface area contributed by atoms with E-state index in [1.54, 1.807) is 24.4 Å². The molecule has 1 atom stereocenters. The molecule has 0 spiro atoms. The van der Waals surface area contributed by atoms with Crippen LogP contribution in [0.1, 0.15) is 28.8 Å². The Balaban J connectivity index is 0.000000286. The molecule has 5 rings (SSSR count). The van der Waals surface area contributed by atoms with Crippen molar-refractivity contribution in [1.29, 1.82) is 0 Å². The molecule has 2 fully saturated rings. The summed E-state index contributed by atoms with van der Waals surface area (Å²) in [5.74, 6) is -0.442. The van der Waals surface area contributed by atoms with Gasteiger partial charge >= 0.3 is 0 Å². The van der Waals surface area contributed by atoms with Crippen LogP contribution in [0.2, 0.25) is 0 Å². The first kappa shape index (κ1) is 25.8. The number of benzene rings is 1. The third-order valence-corrected chi connectivity index (χ3v) is 7.07. The average Bonchev–Trinajstić information content (AvgIpc) is 2.89. The van der Waals surface area contributed by atoms with E-state index >= 15 is 0 Å². The van der Waals surface area contributed by atoms with Crippen molar-refractivity contribution >= 4 is 22.5 Å². The van der Waals surface area contributed by atoms with Gasteiger partial charge in [-0.2, -0.15) is 0 Å². The Bertz CT molecular complexity index is 1220. The number of hydrogen-bond donors (Lipinski definition) is 2. The second-order valence-electron chi connectivity index (χ2n) is 9.63. The lowest BCUT2D eigenvalue weighted by Crippen LogP contribution is -2.58. The third kappa shape index (κ3) is 6.10. The number of anilines is 1. The minimum Gasteiger partial charge on any atom is -0.376 e.